The van der Waals surface area contributed by atoms with E-state index >= 15 is 0 Å². The lowest BCUT2D eigenvalue weighted by Gasteiger charge is -2.39. The van der Waals surface area contributed by atoms with Crippen LogP contribution in [0, 0.1) is 13.8 Å². The van der Waals surface area contributed by atoms with Gasteiger partial charge in [0.15, 0.2) is 0 Å². The molecule has 4 aromatic carbocycles. The highest BCUT2D eigenvalue weighted by Gasteiger charge is 2.33. The number of rotatable bonds is 11. The quantitative estimate of drug-likeness (QED) is 0.0808. The van der Waals surface area contributed by atoms with E-state index in [1.54, 1.807) is 48.7 Å². The summed E-state index contributed by atoms with van der Waals surface area (Å²) < 4.78 is 3.63. The molecule has 13 nitrogen and oxygen atoms in total. The van der Waals surface area contributed by atoms with Crippen LogP contribution in [-0.4, -0.2) is 46.0 Å². The Morgan fingerprint density at radius 1 is 0.773 bits per heavy atom. The molecule has 1 unspecified atom stereocenters. The number of aryl methyl sites for hydroxylation is 4. The Morgan fingerprint density at radius 3 is 1.79 bits per heavy atom. The number of carbonyl (C=O) groups excluding carboxylic acids is 1. The van der Waals surface area contributed by atoms with E-state index in [9.17, 15) is 14.4 Å². The average molecular weight is 965 g/mol. The molecule has 2 amide bonds. The Bertz CT molecular complexity index is 3380. The van der Waals surface area contributed by atoms with Crippen molar-refractivity contribution in [3.8, 4) is 0 Å². The molecule has 0 bridgehead atoms. The minimum Gasteiger partial charge on any atom is -0.325 e. The first kappa shape index (κ1) is 44.9. The molecule has 17 heteroatoms. The molecule has 1 fully saturated rings. The number of fused-ring (bicyclic) bond motifs is 6. The molecule has 1 saturated carbocycles. The van der Waals surface area contributed by atoms with Crippen molar-refractivity contribution in [1.29, 1.82) is 0 Å². The second kappa shape index (κ2) is 18.2. The zero-order valence-corrected chi connectivity index (χ0v) is 39.6. The van der Waals surface area contributed by atoms with Gasteiger partial charge in [0.05, 0.1) is 70.3 Å². The molecule has 1 aliphatic carbocycles. The standard InChI is InChI=1S/C49H46Cl4N10O3/c1-6-37(40-26(3)29-21-23-36-44(39(29)46(65)58-40)62(5)48(57-36)60-42-32(52)17-11-18-33(42)53)63(27-13-8-7-9-14-27)49(66)54-24-12-19-34-25(2)28-20-22-35-43(38(28)45(64)55-34)61(4)47(56-35)59-41-30(50)15-10-16-31(41)51/h6,10-12,15-18,20-24,27,37H,1,7-9,13-14,19H2,2-5H3,(H,54,66)(H,55,64)(H,56,59)(H,57,60)(H,58,65). The Balaban J connectivity index is 0.990. The van der Waals surface area contributed by atoms with E-state index in [1.165, 1.54) is 0 Å². The van der Waals surface area contributed by atoms with E-state index in [4.69, 9.17) is 56.4 Å². The number of amides is 2. The molecule has 0 saturated heterocycles. The number of urea groups is 1. The number of para-hydroxylation sites is 2. The number of aromatic nitrogens is 6. The zero-order valence-electron chi connectivity index (χ0n) is 36.6. The van der Waals surface area contributed by atoms with Gasteiger partial charge in [-0.1, -0.05) is 102 Å². The van der Waals surface area contributed by atoms with E-state index in [0.29, 0.717) is 94.0 Å². The number of allylic oxidation sites excluding steroid dienone is 1. The third kappa shape index (κ3) is 7.97. The van der Waals surface area contributed by atoms with Gasteiger partial charge < -0.3 is 40.0 Å². The third-order valence-corrected chi connectivity index (χ3v) is 14.0. The maximum atomic E-state index is 14.4. The highest BCUT2D eigenvalue weighted by atomic mass is 35.5. The van der Waals surface area contributed by atoms with Crippen LogP contribution in [-0.2, 0) is 20.5 Å². The van der Waals surface area contributed by atoms with E-state index in [2.05, 4.69) is 32.5 Å². The monoisotopic (exact) mass is 962 g/mol. The van der Waals surface area contributed by atoms with Crippen molar-refractivity contribution < 1.29 is 4.79 Å². The van der Waals surface area contributed by atoms with Crippen LogP contribution in [0.1, 0.15) is 60.7 Å². The molecule has 66 heavy (non-hydrogen) atoms. The van der Waals surface area contributed by atoms with Crippen LogP contribution in [0.15, 0.2) is 95.2 Å². The van der Waals surface area contributed by atoms with Gasteiger partial charge in [-0.15, -0.1) is 6.58 Å². The summed E-state index contributed by atoms with van der Waals surface area (Å²) in [6.45, 7) is 8.09. The van der Waals surface area contributed by atoms with Crippen LogP contribution in [0.2, 0.25) is 20.1 Å². The molecule has 9 rings (SSSR count). The minimum atomic E-state index is -0.652. The fraction of sp³-hybridized carbons (Fsp3) is 0.245. The number of anilines is 4. The topological polar surface area (TPSA) is 158 Å². The zero-order chi connectivity index (χ0) is 46.6. The van der Waals surface area contributed by atoms with Crippen molar-refractivity contribution in [1.82, 2.24) is 39.3 Å². The first-order chi connectivity index (χ1) is 31.8. The molecule has 1 aliphatic rings. The van der Waals surface area contributed by atoms with Crippen molar-refractivity contribution in [2.24, 2.45) is 14.1 Å². The summed E-state index contributed by atoms with van der Waals surface area (Å²) in [7, 11) is 3.66. The van der Waals surface area contributed by atoms with Crippen LogP contribution in [0.5, 0.6) is 0 Å². The summed E-state index contributed by atoms with van der Waals surface area (Å²) >= 11 is 25.8. The van der Waals surface area contributed by atoms with Gasteiger partial charge in [0.25, 0.3) is 11.1 Å². The molecular formula is C49H46Cl4N10O3. The molecule has 4 heterocycles. The Hall–Kier alpha value is -6.25. The van der Waals surface area contributed by atoms with Gasteiger partial charge in [-0.3, -0.25) is 9.59 Å². The second-order valence-electron chi connectivity index (χ2n) is 16.6. The van der Waals surface area contributed by atoms with E-state index < -0.39 is 6.04 Å². The van der Waals surface area contributed by atoms with Crippen molar-refractivity contribution in [2.45, 2.75) is 64.5 Å². The SMILES string of the molecule is C=CC(c1[nH]c(=O)c2c(ccc3nc(Nc4c(Cl)cccc4Cl)n(C)c32)c1C)N(C(=O)NC=CCc1[nH]c(=O)c2c(ccc3nc(Nc4c(Cl)cccc4Cl)n(C)c32)c1C)C1CCCCC1. The summed E-state index contributed by atoms with van der Waals surface area (Å²) in [5.74, 6) is 0.938. The summed E-state index contributed by atoms with van der Waals surface area (Å²) in [5, 5.41) is 13.7. The molecule has 0 radical (unpaired) electrons. The normalized spacial score (nSPS) is 13.9. The van der Waals surface area contributed by atoms with Crippen LogP contribution in [0.4, 0.5) is 28.1 Å². The maximum Gasteiger partial charge on any atom is 0.322 e. The molecule has 1 atom stereocenters. The highest BCUT2D eigenvalue weighted by Crippen LogP contribution is 2.38. The molecule has 8 aromatic rings. The van der Waals surface area contributed by atoms with Crippen LogP contribution in [0.3, 0.4) is 0 Å². The van der Waals surface area contributed by atoms with Gasteiger partial charge in [-0.05, 0) is 85.0 Å². The number of H-pyrrole nitrogens is 2. The number of hydrogen-bond acceptors (Lipinski definition) is 7. The van der Waals surface area contributed by atoms with Gasteiger partial charge in [0.1, 0.15) is 0 Å². The highest BCUT2D eigenvalue weighted by molar-refractivity contribution is 6.40. The number of benzene rings is 4. The molecular weight excluding hydrogens is 918 g/mol. The van der Waals surface area contributed by atoms with Gasteiger partial charge in [-0.25, -0.2) is 14.8 Å². The van der Waals surface area contributed by atoms with Crippen molar-refractivity contribution in [3.05, 3.63) is 149 Å². The smallest absolute Gasteiger partial charge is 0.322 e. The predicted octanol–water partition coefficient (Wildman–Crippen LogP) is 12.2. The lowest BCUT2D eigenvalue weighted by Crippen LogP contribution is -2.47. The lowest BCUT2D eigenvalue weighted by atomic mass is 9.91. The van der Waals surface area contributed by atoms with Crippen molar-refractivity contribution >= 4 is 119 Å². The largest absolute Gasteiger partial charge is 0.325 e. The maximum absolute atomic E-state index is 14.4. The number of nitrogens with one attached hydrogen (secondary N) is 5. The number of imidazole rings is 2. The number of hydrogen-bond donors (Lipinski definition) is 5. The first-order valence-electron chi connectivity index (χ1n) is 21.6. The van der Waals surface area contributed by atoms with Gasteiger partial charge in [-0.2, -0.15) is 0 Å². The van der Waals surface area contributed by atoms with Gasteiger partial charge >= 0.3 is 6.03 Å². The number of carbonyl (C=O) groups is 1. The summed E-state index contributed by atoms with van der Waals surface area (Å²) in [6.07, 6.45) is 10.1. The molecule has 5 N–H and O–H groups in total. The molecule has 0 aliphatic heterocycles. The van der Waals surface area contributed by atoms with Crippen LogP contribution >= 0.6 is 46.4 Å². The third-order valence-electron chi connectivity index (χ3n) is 12.8. The first-order valence-corrected chi connectivity index (χ1v) is 23.1. The van der Waals surface area contributed by atoms with Crippen LogP contribution in [0.25, 0.3) is 43.6 Å². The molecule has 0 spiro atoms. The van der Waals surface area contributed by atoms with E-state index in [-0.39, 0.29) is 23.2 Å². The van der Waals surface area contributed by atoms with Crippen molar-refractivity contribution in [2.75, 3.05) is 10.6 Å². The van der Waals surface area contributed by atoms with Gasteiger partial charge in [0, 0.05) is 44.1 Å². The minimum absolute atomic E-state index is 0.0983. The van der Waals surface area contributed by atoms with E-state index in [1.807, 2.05) is 72.3 Å². The van der Waals surface area contributed by atoms with Gasteiger partial charge in [0.2, 0.25) is 11.9 Å². The second-order valence-corrected chi connectivity index (χ2v) is 18.3. The number of halogens is 4. The van der Waals surface area contributed by atoms with Crippen LogP contribution < -0.4 is 27.1 Å². The number of aromatic amines is 2. The number of nitrogens with zero attached hydrogens (tertiary/aromatic N) is 5. The Labute approximate surface area is 399 Å². The average Bonchev–Trinajstić information content (AvgIpc) is 3.80. The summed E-state index contributed by atoms with van der Waals surface area (Å²) in [6, 6.07) is 16.9. The summed E-state index contributed by atoms with van der Waals surface area (Å²) in [5.41, 5.74) is 5.96. The Kier molecular flexibility index (Phi) is 12.4. The summed E-state index contributed by atoms with van der Waals surface area (Å²) in [4.78, 5) is 60.1. The van der Waals surface area contributed by atoms with Crippen molar-refractivity contribution in [3.63, 3.8) is 0 Å². The Morgan fingerprint density at radius 2 is 1.27 bits per heavy atom. The predicted molar refractivity (Wildman–Crippen MR) is 270 cm³/mol. The molecule has 338 valence electrons. The number of pyridine rings is 2. The fourth-order valence-corrected chi connectivity index (χ4v) is 10.4. The molecule has 4 aromatic heterocycles. The van der Waals surface area contributed by atoms with E-state index in [0.717, 1.165) is 54.0 Å². The fourth-order valence-electron chi connectivity index (χ4n) is 9.39. The lowest BCUT2D eigenvalue weighted by molar-refractivity contribution is 0.139.